The molecule has 0 aromatic rings. The quantitative estimate of drug-likeness (QED) is 0.559. The van der Waals surface area contributed by atoms with E-state index in [9.17, 15) is 14.4 Å². The molecule has 2 aliphatic rings. The first-order valence-corrected chi connectivity index (χ1v) is 9.64. The molecule has 1 saturated carbocycles. The minimum Gasteiger partial charge on any atom is -0.369 e. The summed E-state index contributed by atoms with van der Waals surface area (Å²) in [5.41, 5.74) is 8.25. The van der Waals surface area contributed by atoms with E-state index in [0.717, 1.165) is 58.4 Å². The van der Waals surface area contributed by atoms with Gasteiger partial charge in [0.15, 0.2) is 0 Å². The number of hydrazine groups is 1. The van der Waals surface area contributed by atoms with Crippen LogP contribution in [0.3, 0.4) is 0 Å². The van der Waals surface area contributed by atoms with Crippen LogP contribution in [0.15, 0.2) is 0 Å². The van der Waals surface area contributed by atoms with E-state index in [1.54, 1.807) is 19.0 Å². The van der Waals surface area contributed by atoms with Crippen LogP contribution in [0.2, 0.25) is 0 Å². The van der Waals surface area contributed by atoms with Gasteiger partial charge in [0.2, 0.25) is 11.8 Å². The fraction of sp³-hybridized carbons (Fsp3) is 0.833. The molecule has 1 heterocycles. The van der Waals surface area contributed by atoms with Gasteiger partial charge in [-0.2, -0.15) is 0 Å². The number of carbonyl (C=O) groups excluding carboxylic acids is 3. The monoisotopic (exact) mass is 367 g/mol. The number of primary amides is 1. The van der Waals surface area contributed by atoms with Gasteiger partial charge in [-0.05, 0) is 19.8 Å². The van der Waals surface area contributed by atoms with Crippen LogP contribution in [-0.4, -0.2) is 85.3 Å². The second-order valence-corrected chi connectivity index (χ2v) is 7.41. The van der Waals surface area contributed by atoms with E-state index in [1.807, 2.05) is 0 Å². The van der Waals surface area contributed by atoms with E-state index in [-0.39, 0.29) is 29.4 Å². The standard InChI is InChI=1S/C18H33N5O3/c1-14(24)15-5-3-4-6-16(15)18(26)23(20-2)12-11-21-7-9-22(10-8-21)13-17(19)25/h15-16,20H,3-13H2,1-2H3,(H2,19,25). The number of hydrogen-bond donors (Lipinski definition) is 2. The van der Waals surface area contributed by atoms with Gasteiger partial charge in [-0.25, -0.2) is 5.43 Å². The average Bonchev–Trinajstić information content (AvgIpc) is 2.62. The highest BCUT2D eigenvalue weighted by molar-refractivity contribution is 5.87. The molecule has 1 saturated heterocycles. The summed E-state index contributed by atoms with van der Waals surface area (Å²) in [5.74, 6) is -0.451. The SMILES string of the molecule is CNN(CCN1CCN(CC(N)=O)CC1)C(=O)C1CCCCC1C(C)=O. The number of ketones is 1. The predicted octanol–water partition coefficient (Wildman–Crippen LogP) is -0.552. The molecular formula is C18H33N5O3. The van der Waals surface area contributed by atoms with Crippen molar-refractivity contribution in [2.45, 2.75) is 32.6 Å². The van der Waals surface area contributed by atoms with Gasteiger partial charge in [0.1, 0.15) is 5.78 Å². The summed E-state index contributed by atoms with van der Waals surface area (Å²) < 4.78 is 0. The molecule has 2 amide bonds. The Morgan fingerprint density at radius 3 is 2.15 bits per heavy atom. The molecule has 2 fully saturated rings. The molecule has 3 N–H and O–H groups in total. The summed E-state index contributed by atoms with van der Waals surface area (Å²) >= 11 is 0. The number of Topliss-reactive ketones (excluding diaryl/α,β-unsaturated/α-hetero) is 1. The lowest BCUT2D eigenvalue weighted by Gasteiger charge is -2.36. The van der Waals surface area contributed by atoms with Crippen LogP contribution < -0.4 is 11.2 Å². The van der Waals surface area contributed by atoms with Crippen molar-refractivity contribution >= 4 is 17.6 Å². The van der Waals surface area contributed by atoms with Gasteiger partial charge in [0, 0.05) is 51.6 Å². The third-order valence-corrected chi connectivity index (χ3v) is 5.63. The lowest BCUT2D eigenvalue weighted by Crippen LogP contribution is -2.53. The molecule has 8 heteroatoms. The summed E-state index contributed by atoms with van der Waals surface area (Å²) in [6.45, 7) is 6.61. The fourth-order valence-corrected chi connectivity index (χ4v) is 4.08. The van der Waals surface area contributed by atoms with Crippen LogP contribution in [0.1, 0.15) is 32.6 Å². The van der Waals surface area contributed by atoms with Crippen molar-refractivity contribution in [2.24, 2.45) is 17.6 Å². The third-order valence-electron chi connectivity index (χ3n) is 5.63. The molecule has 1 aliphatic heterocycles. The lowest BCUT2D eigenvalue weighted by atomic mass is 9.76. The molecule has 1 aliphatic carbocycles. The molecule has 2 atom stereocenters. The van der Waals surface area contributed by atoms with Crippen molar-refractivity contribution < 1.29 is 14.4 Å². The summed E-state index contributed by atoms with van der Waals surface area (Å²) in [4.78, 5) is 40.2. The van der Waals surface area contributed by atoms with Gasteiger partial charge in [-0.1, -0.05) is 12.8 Å². The summed E-state index contributed by atoms with van der Waals surface area (Å²) in [6, 6.07) is 0. The molecule has 0 aromatic heterocycles. The second kappa shape index (κ2) is 9.99. The predicted molar refractivity (Wildman–Crippen MR) is 99.0 cm³/mol. The maximum atomic E-state index is 12.9. The molecule has 0 aromatic carbocycles. The van der Waals surface area contributed by atoms with Crippen molar-refractivity contribution in [3.05, 3.63) is 0 Å². The topological polar surface area (TPSA) is 99.0 Å². The van der Waals surface area contributed by atoms with Crippen LogP contribution in [0, 0.1) is 11.8 Å². The first kappa shape index (κ1) is 20.8. The van der Waals surface area contributed by atoms with Gasteiger partial charge in [0.25, 0.3) is 0 Å². The van der Waals surface area contributed by atoms with Crippen molar-refractivity contribution in [1.82, 2.24) is 20.2 Å². The minimum atomic E-state index is -0.294. The normalized spacial score (nSPS) is 25.0. The van der Waals surface area contributed by atoms with Crippen LogP contribution in [0.4, 0.5) is 0 Å². The molecule has 0 radical (unpaired) electrons. The van der Waals surface area contributed by atoms with Gasteiger partial charge in [-0.15, -0.1) is 0 Å². The van der Waals surface area contributed by atoms with Crippen LogP contribution >= 0.6 is 0 Å². The zero-order valence-electron chi connectivity index (χ0n) is 16.1. The molecule has 0 spiro atoms. The number of amides is 2. The highest BCUT2D eigenvalue weighted by Gasteiger charge is 2.36. The smallest absolute Gasteiger partial charge is 0.240 e. The van der Waals surface area contributed by atoms with Crippen LogP contribution in [0.5, 0.6) is 0 Å². The average molecular weight is 367 g/mol. The van der Waals surface area contributed by atoms with Crippen molar-refractivity contribution in [3.8, 4) is 0 Å². The Hall–Kier alpha value is -1.51. The molecule has 8 nitrogen and oxygen atoms in total. The first-order chi connectivity index (χ1) is 12.4. The highest BCUT2D eigenvalue weighted by Crippen LogP contribution is 2.31. The Bertz CT molecular complexity index is 505. The Labute approximate surface area is 156 Å². The number of piperazine rings is 1. The third kappa shape index (κ3) is 5.75. The lowest BCUT2D eigenvalue weighted by molar-refractivity contribution is -0.145. The Morgan fingerprint density at radius 2 is 1.62 bits per heavy atom. The fourth-order valence-electron chi connectivity index (χ4n) is 4.08. The molecular weight excluding hydrogens is 334 g/mol. The number of hydrogen-bond acceptors (Lipinski definition) is 6. The molecule has 2 rings (SSSR count). The van der Waals surface area contributed by atoms with E-state index in [1.165, 1.54) is 0 Å². The van der Waals surface area contributed by atoms with Crippen molar-refractivity contribution in [1.29, 1.82) is 0 Å². The molecule has 0 bridgehead atoms. The number of carbonyl (C=O) groups is 3. The number of nitrogens with two attached hydrogens (primary N) is 1. The Morgan fingerprint density at radius 1 is 1.04 bits per heavy atom. The van der Waals surface area contributed by atoms with Crippen molar-refractivity contribution in [2.75, 3.05) is 52.9 Å². The summed E-state index contributed by atoms with van der Waals surface area (Å²) in [7, 11) is 1.76. The number of rotatable bonds is 8. The second-order valence-electron chi connectivity index (χ2n) is 7.41. The van der Waals surface area contributed by atoms with E-state index in [4.69, 9.17) is 5.73 Å². The number of nitrogens with zero attached hydrogens (tertiary/aromatic N) is 3. The van der Waals surface area contributed by atoms with Crippen LogP contribution in [-0.2, 0) is 14.4 Å². The van der Waals surface area contributed by atoms with Crippen molar-refractivity contribution in [3.63, 3.8) is 0 Å². The summed E-state index contributed by atoms with van der Waals surface area (Å²) in [5, 5.41) is 1.67. The highest BCUT2D eigenvalue weighted by atomic mass is 16.2. The summed E-state index contributed by atoms with van der Waals surface area (Å²) in [6.07, 6.45) is 3.67. The van der Waals surface area contributed by atoms with E-state index in [0.29, 0.717) is 13.1 Å². The molecule has 148 valence electrons. The van der Waals surface area contributed by atoms with Gasteiger partial charge >= 0.3 is 0 Å². The van der Waals surface area contributed by atoms with Gasteiger partial charge in [-0.3, -0.25) is 29.2 Å². The largest absolute Gasteiger partial charge is 0.369 e. The Balaban J connectivity index is 1.82. The molecule has 2 unspecified atom stereocenters. The van der Waals surface area contributed by atoms with E-state index >= 15 is 0 Å². The zero-order chi connectivity index (χ0) is 19.1. The van der Waals surface area contributed by atoms with Gasteiger partial charge < -0.3 is 5.73 Å². The number of nitrogens with one attached hydrogen (secondary N) is 1. The van der Waals surface area contributed by atoms with E-state index < -0.39 is 0 Å². The van der Waals surface area contributed by atoms with Crippen LogP contribution in [0.25, 0.3) is 0 Å². The maximum absolute atomic E-state index is 12.9. The van der Waals surface area contributed by atoms with Gasteiger partial charge in [0.05, 0.1) is 13.1 Å². The first-order valence-electron chi connectivity index (χ1n) is 9.64. The maximum Gasteiger partial charge on any atom is 0.240 e. The zero-order valence-corrected chi connectivity index (χ0v) is 16.1. The van der Waals surface area contributed by atoms with E-state index in [2.05, 4.69) is 15.2 Å². The minimum absolute atomic E-state index is 0.0414. The Kier molecular flexibility index (Phi) is 7.99. The molecule has 26 heavy (non-hydrogen) atoms.